The van der Waals surface area contributed by atoms with Gasteiger partial charge in [-0.15, -0.1) is 11.3 Å². The maximum absolute atomic E-state index is 10.7. The highest BCUT2D eigenvalue weighted by molar-refractivity contribution is 7.21. The van der Waals surface area contributed by atoms with Crippen LogP contribution < -0.4 is 10.6 Å². The normalized spacial score (nSPS) is 27.1. The van der Waals surface area contributed by atoms with Crippen molar-refractivity contribution in [3.63, 3.8) is 0 Å². The monoisotopic (exact) mass is 546 g/mol. The molecule has 4 aromatic rings. The van der Waals surface area contributed by atoms with Gasteiger partial charge >= 0.3 is 0 Å². The number of aryl methyl sites for hydroxylation is 1. The second-order valence-electron chi connectivity index (χ2n) is 10.7. The third kappa shape index (κ3) is 5.34. The van der Waals surface area contributed by atoms with Crippen molar-refractivity contribution >= 4 is 33.3 Å². The van der Waals surface area contributed by atoms with Gasteiger partial charge in [-0.05, 0) is 56.6 Å². The van der Waals surface area contributed by atoms with Crippen molar-refractivity contribution in [2.75, 3.05) is 17.2 Å². The highest BCUT2D eigenvalue weighted by Crippen LogP contribution is 2.39. The van der Waals surface area contributed by atoms with E-state index >= 15 is 0 Å². The highest BCUT2D eigenvalue weighted by Gasteiger charge is 2.41. The molecule has 0 radical (unpaired) electrons. The third-order valence-electron chi connectivity index (χ3n) is 8.18. The van der Waals surface area contributed by atoms with Gasteiger partial charge < -0.3 is 26.0 Å². The Bertz CT molecular complexity index is 1390. The summed E-state index contributed by atoms with van der Waals surface area (Å²) in [6, 6.07) is 12.5. The molecule has 204 valence electrons. The van der Waals surface area contributed by atoms with E-state index in [1.54, 1.807) is 12.4 Å². The van der Waals surface area contributed by atoms with E-state index in [0.29, 0.717) is 24.1 Å². The summed E-state index contributed by atoms with van der Waals surface area (Å²) >= 11 is 1.54. The highest BCUT2D eigenvalue weighted by atomic mass is 32.1. The van der Waals surface area contributed by atoms with E-state index in [1.807, 2.05) is 13.0 Å². The zero-order valence-corrected chi connectivity index (χ0v) is 22.7. The third-order valence-corrected chi connectivity index (χ3v) is 9.24. The second kappa shape index (κ2) is 11.1. The average Bonchev–Trinajstić information content (AvgIpc) is 3.50. The van der Waals surface area contributed by atoms with Crippen LogP contribution in [0.5, 0.6) is 0 Å². The molecule has 2 saturated carbocycles. The molecule has 9 nitrogen and oxygen atoms in total. The molecule has 4 atom stereocenters. The van der Waals surface area contributed by atoms with Crippen LogP contribution in [-0.2, 0) is 0 Å². The predicted molar refractivity (Wildman–Crippen MR) is 153 cm³/mol. The van der Waals surface area contributed by atoms with Gasteiger partial charge in [0.1, 0.15) is 22.4 Å². The van der Waals surface area contributed by atoms with E-state index < -0.39 is 24.2 Å². The molecular formula is C29H34N6O3S. The summed E-state index contributed by atoms with van der Waals surface area (Å²) < 4.78 is 1.01. The molecule has 2 aliphatic carbocycles. The first-order chi connectivity index (χ1) is 19.0. The standard InChI is InChI=1S/C29H34N6O3S/c1-16-24(28-34-22-14-30-12-11-23(22)39-28)27(33-21-13-19(15-36)25(37)26(21)38)35-29(31-16)32-20-9-7-18(8-10-20)17-5-3-2-4-6-17/h2-6,11-12,14,18-21,25-26,36-38H,7-10,13,15H2,1H3,(H2,31,32,33,35)/t18?,19-,20?,21?,25-,26+/m1/s1. The summed E-state index contributed by atoms with van der Waals surface area (Å²) in [5.41, 5.74) is 3.75. The van der Waals surface area contributed by atoms with E-state index in [4.69, 9.17) is 15.0 Å². The topological polar surface area (TPSA) is 136 Å². The maximum Gasteiger partial charge on any atom is 0.225 e. The fourth-order valence-electron chi connectivity index (χ4n) is 5.99. The fourth-order valence-corrected chi connectivity index (χ4v) is 7.02. The Kier molecular flexibility index (Phi) is 7.44. The van der Waals surface area contributed by atoms with E-state index in [2.05, 4.69) is 45.9 Å². The number of nitrogens with zero attached hydrogens (tertiary/aromatic N) is 4. The lowest BCUT2D eigenvalue weighted by Crippen LogP contribution is -2.36. The largest absolute Gasteiger partial charge is 0.396 e. The molecule has 1 aromatic carbocycles. The van der Waals surface area contributed by atoms with Crippen LogP contribution in [0.1, 0.15) is 49.3 Å². The molecule has 1 unspecified atom stereocenters. The number of pyridine rings is 1. The first-order valence-corrected chi connectivity index (χ1v) is 14.5. The Labute approximate surface area is 231 Å². The smallest absolute Gasteiger partial charge is 0.225 e. The van der Waals surface area contributed by atoms with Crippen molar-refractivity contribution in [1.82, 2.24) is 19.9 Å². The quantitative estimate of drug-likeness (QED) is 0.232. The molecule has 0 spiro atoms. The van der Waals surface area contributed by atoms with Gasteiger partial charge in [0.05, 0.1) is 34.3 Å². The summed E-state index contributed by atoms with van der Waals surface area (Å²) in [5.74, 6) is 1.28. The SMILES string of the molecule is Cc1nc(NC2CCC(c3ccccc3)CC2)nc(NC2C[C@H](CO)[C@@H](O)[C@H]2O)c1-c1nc2cnccc2s1. The van der Waals surface area contributed by atoms with E-state index in [9.17, 15) is 15.3 Å². The number of thiazole rings is 1. The lowest BCUT2D eigenvalue weighted by Gasteiger charge is -2.30. The van der Waals surface area contributed by atoms with Crippen molar-refractivity contribution in [3.05, 3.63) is 60.0 Å². The lowest BCUT2D eigenvalue weighted by atomic mass is 9.82. The molecule has 0 bridgehead atoms. The number of aliphatic hydroxyl groups excluding tert-OH is 3. The van der Waals surface area contributed by atoms with Gasteiger partial charge in [-0.1, -0.05) is 30.3 Å². The van der Waals surface area contributed by atoms with Crippen molar-refractivity contribution in [2.45, 2.75) is 69.2 Å². The molecule has 0 aliphatic heterocycles. The summed E-state index contributed by atoms with van der Waals surface area (Å²) in [5, 5.41) is 38.5. The van der Waals surface area contributed by atoms with Gasteiger partial charge in [0.25, 0.3) is 0 Å². The van der Waals surface area contributed by atoms with Crippen LogP contribution in [0.15, 0.2) is 48.8 Å². The Balaban J connectivity index is 1.27. The van der Waals surface area contributed by atoms with Gasteiger partial charge in [-0.3, -0.25) is 4.98 Å². The number of aromatic nitrogens is 4. The number of aliphatic hydroxyl groups is 3. The molecular weight excluding hydrogens is 512 g/mol. The number of fused-ring (bicyclic) bond motifs is 1. The van der Waals surface area contributed by atoms with Crippen LogP contribution in [0, 0.1) is 12.8 Å². The minimum absolute atomic E-state index is 0.185. The average molecular weight is 547 g/mol. The molecule has 10 heteroatoms. The van der Waals surface area contributed by atoms with Crippen LogP contribution >= 0.6 is 11.3 Å². The first kappa shape index (κ1) is 26.1. The van der Waals surface area contributed by atoms with Crippen molar-refractivity contribution in [3.8, 4) is 10.6 Å². The van der Waals surface area contributed by atoms with Crippen LogP contribution in [-0.4, -0.2) is 66.2 Å². The van der Waals surface area contributed by atoms with E-state index in [1.165, 1.54) is 16.9 Å². The van der Waals surface area contributed by atoms with Gasteiger partial charge in [0.15, 0.2) is 0 Å². The Morgan fingerprint density at radius 2 is 1.74 bits per heavy atom. The minimum atomic E-state index is -1.02. The van der Waals surface area contributed by atoms with Crippen molar-refractivity contribution in [2.24, 2.45) is 5.92 Å². The Morgan fingerprint density at radius 1 is 0.949 bits per heavy atom. The zero-order chi connectivity index (χ0) is 26.9. The van der Waals surface area contributed by atoms with Crippen LogP contribution in [0.4, 0.5) is 11.8 Å². The molecule has 2 aliphatic rings. The predicted octanol–water partition coefficient (Wildman–Crippen LogP) is 4.11. The number of hydrogen-bond donors (Lipinski definition) is 5. The number of benzene rings is 1. The van der Waals surface area contributed by atoms with Crippen molar-refractivity contribution in [1.29, 1.82) is 0 Å². The van der Waals surface area contributed by atoms with Gasteiger partial charge in [0.2, 0.25) is 5.95 Å². The summed E-state index contributed by atoms with van der Waals surface area (Å²) in [6.07, 6.45) is 6.18. The maximum atomic E-state index is 10.7. The Morgan fingerprint density at radius 3 is 2.46 bits per heavy atom. The van der Waals surface area contributed by atoms with E-state index in [0.717, 1.165) is 52.2 Å². The molecule has 3 aromatic heterocycles. The number of anilines is 2. The van der Waals surface area contributed by atoms with Crippen LogP contribution in [0.3, 0.4) is 0 Å². The molecule has 3 heterocycles. The molecule has 5 N–H and O–H groups in total. The van der Waals surface area contributed by atoms with E-state index in [-0.39, 0.29) is 12.6 Å². The second-order valence-corrected chi connectivity index (χ2v) is 11.8. The number of hydrogen-bond acceptors (Lipinski definition) is 10. The van der Waals surface area contributed by atoms with Gasteiger partial charge in [-0.25, -0.2) is 9.97 Å². The first-order valence-electron chi connectivity index (χ1n) is 13.6. The van der Waals surface area contributed by atoms with Crippen LogP contribution in [0.2, 0.25) is 0 Å². The lowest BCUT2D eigenvalue weighted by molar-refractivity contribution is 0.00446. The summed E-state index contributed by atoms with van der Waals surface area (Å²) in [7, 11) is 0. The van der Waals surface area contributed by atoms with Crippen molar-refractivity contribution < 1.29 is 15.3 Å². The number of rotatable bonds is 7. The summed E-state index contributed by atoms with van der Waals surface area (Å²) in [6.45, 7) is 1.76. The molecule has 0 amide bonds. The molecule has 2 fully saturated rings. The van der Waals surface area contributed by atoms with Gasteiger partial charge in [0, 0.05) is 24.8 Å². The minimum Gasteiger partial charge on any atom is -0.396 e. The fraction of sp³-hybridized carbons (Fsp3) is 0.448. The number of nitrogens with one attached hydrogen (secondary N) is 2. The molecule has 39 heavy (non-hydrogen) atoms. The summed E-state index contributed by atoms with van der Waals surface area (Å²) in [4.78, 5) is 18.7. The van der Waals surface area contributed by atoms with Gasteiger partial charge in [-0.2, -0.15) is 4.98 Å². The van der Waals surface area contributed by atoms with Crippen LogP contribution in [0.25, 0.3) is 20.8 Å². The zero-order valence-electron chi connectivity index (χ0n) is 21.9. The molecule has 0 saturated heterocycles. The molecule has 6 rings (SSSR count). The Hall–Kier alpha value is -3.18.